The van der Waals surface area contributed by atoms with Gasteiger partial charge in [0.05, 0.1) is 15.7 Å². The topological polar surface area (TPSA) is 25.4 Å². The van der Waals surface area contributed by atoms with Crippen molar-refractivity contribution >= 4 is 62.8 Å². The summed E-state index contributed by atoms with van der Waals surface area (Å²) < 4.78 is 5.88. The summed E-state index contributed by atoms with van der Waals surface area (Å²) in [6.07, 6.45) is 1.82. The number of aromatic nitrogens is 1. The smallest absolute Gasteiger partial charge is 0.276 e. The summed E-state index contributed by atoms with van der Waals surface area (Å²) in [5, 5.41) is 1.89. The molecule has 26 heavy (non-hydrogen) atoms. The molecule has 1 aromatic heterocycles. The number of nitrogens with zero attached hydrogens (tertiary/aromatic N) is 2. The number of halogens is 2. The minimum Gasteiger partial charge on any atom is -0.431 e. The Morgan fingerprint density at radius 1 is 1.04 bits per heavy atom. The molecule has 3 rings (SSSR count). The fraction of sp³-hybridized carbons (Fsp3) is 0.158. The average Bonchev–Trinajstić information content (AvgIpc) is 3.00. The van der Waals surface area contributed by atoms with E-state index >= 15 is 0 Å². The Bertz CT molecular complexity index is 972. The maximum atomic E-state index is 6.07. The molecule has 0 N–H and O–H groups in total. The summed E-state index contributed by atoms with van der Waals surface area (Å²) in [6.45, 7) is 6.14. The highest BCUT2D eigenvalue weighted by Gasteiger charge is 2.20. The van der Waals surface area contributed by atoms with E-state index < -0.39 is 0 Å². The third kappa shape index (κ3) is 4.18. The first-order valence-electron chi connectivity index (χ1n) is 7.82. The average molecular weight is 423 g/mol. The summed E-state index contributed by atoms with van der Waals surface area (Å²) in [6, 6.07) is 11.2. The van der Waals surface area contributed by atoms with Crippen LogP contribution in [0.25, 0.3) is 0 Å². The molecule has 0 amide bonds. The highest BCUT2D eigenvalue weighted by atomic mass is 35.5. The fourth-order valence-electron chi connectivity index (χ4n) is 2.29. The van der Waals surface area contributed by atoms with Crippen LogP contribution >= 0.6 is 46.8 Å². The Balaban J connectivity index is 1.98. The van der Waals surface area contributed by atoms with Crippen molar-refractivity contribution in [3.8, 4) is 5.75 Å². The van der Waals surface area contributed by atoms with Crippen molar-refractivity contribution in [2.45, 2.75) is 20.8 Å². The number of ether oxygens (including phenoxy) is 1. The summed E-state index contributed by atoms with van der Waals surface area (Å²) in [5.74, 6) is 0.520. The van der Waals surface area contributed by atoms with Crippen molar-refractivity contribution in [3.05, 3.63) is 68.6 Å². The molecule has 0 atom stereocenters. The molecular formula is C19H16Cl2N2OS2. The highest BCUT2D eigenvalue weighted by molar-refractivity contribution is 7.80. The van der Waals surface area contributed by atoms with E-state index in [4.69, 9.17) is 40.2 Å². The lowest BCUT2D eigenvalue weighted by Crippen LogP contribution is -2.28. The normalized spacial score (nSPS) is 10.7. The molecule has 0 aliphatic carbocycles. The molecule has 0 fully saturated rings. The molecular weight excluding hydrogens is 407 g/mol. The molecule has 0 spiro atoms. The number of hydrogen-bond donors (Lipinski definition) is 0. The summed E-state index contributed by atoms with van der Waals surface area (Å²) in [5.41, 5.74) is 3.27. The van der Waals surface area contributed by atoms with Crippen LogP contribution in [0, 0.1) is 20.8 Å². The Hall–Kier alpha value is -1.66. The van der Waals surface area contributed by atoms with Crippen molar-refractivity contribution in [1.29, 1.82) is 0 Å². The molecule has 0 saturated heterocycles. The predicted molar refractivity (Wildman–Crippen MR) is 115 cm³/mol. The molecule has 0 aliphatic rings. The van der Waals surface area contributed by atoms with Gasteiger partial charge in [-0.25, -0.2) is 9.88 Å². The molecule has 2 aromatic carbocycles. The van der Waals surface area contributed by atoms with E-state index in [0.717, 1.165) is 21.3 Å². The molecule has 0 radical (unpaired) electrons. The SMILES string of the molecule is Cc1cnc(N(C(=S)Oc2ccc(Cl)c(Cl)c2)c2ccc(C)c(C)c2)s1. The largest absolute Gasteiger partial charge is 0.431 e. The molecule has 1 heterocycles. The van der Waals surface area contributed by atoms with E-state index in [9.17, 15) is 0 Å². The number of aryl methyl sites for hydroxylation is 3. The Kier molecular flexibility index (Phi) is 5.82. The maximum absolute atomic E-state index is 6.07. The van der Waals surface area contributed by atoms with Gasteiger partial charge in [-0.3, -0.25) is 0 Å². The van der Waals surface area contributed by atoms with Crippen LogP contribution in [0.4, 0.5) is 10.8 Å². The second-order valence-corrected chi connectivity index (χ2v) is 8.18. The number of thiazole rings is 1. The van der Waals surface area contributed by atoms with Gasteiger partial charge >= 0.3 is 0 Å². The highest BCUT2D eigenvalue weighted by Crippen LogP contribution is 2.33. The van der Waals surface area contributed by atoms with Crippen LogP contribution < -0.4 is 9.64 Å². The molecule has 0 saturated carbocycles. The number of rotatable bonds is 3. The van der Waals surface area contributed by atoms with Crippen LogP contribution in [0.15, 0.2) is 42.6 Å². The standard InChI is InChI=1S/C19H16Cl2N2OS2/c1-11-4-5-14(8-12(11)2)23(18-22-10-13(3)26-18)19(25)24-15-6-7-16(20)17(21)9-15/h4-10H,1-3H3. The maximum Gasteiger partial charge on any atom is 0.276 e. The summed E-state index contributed by atoms with van der Waals surface area (Å²) in [4.78, 5) is 7.38. The lowest BCUT2D eigenvalue weighted by molar-refractivity contribution is 0.555. The number of hydrogen-bond acceptors (Lipinski definition) is 4. The van der Waals surface area contributed by atoms with Gasteiger partial charge in [0.25, 0.3) is 5.17 Å². The lowest BCUT2D eigenvalue weighted by atomic mass is 10.1. The Morgan fingerprint density at radius 3 is 2.42 bits per heavy atom. The van der Waals surface area contributed by atoms with Crippen LogP contribution in [0.2, 0.25) is 10.0 Å². The summed E-state index contributed by atoms with van der Waals surface area (Å²) >= 11 is 19.2. The second kappa shape index (κ2) is 7.92. The number of thiocarbonyl (C=S) groups is 1. The zero-order valence-corrected chi connectivity index (χ0v) is 17.6. The third-order valence-electron chi connectivity index (χ3n) is 3.83. The van der Waals surface area contributed by atoms with Crippen molar-refractivity contribution < 1.29 is 4.74 Å². The molecule has 0 bridgehead atoms. The lowest BCUT2D eigenvalue weighted by Gasteiger charge is -2.23. The van der Waals surface area contributed by atoms with E-state index in [1.165, 1.54) is 5.56 Å². The quantitative estimate of drug-likeness (QED) is 0.429. The minimum atomic E-state index is 0.265. The van der Waals surface area contributed by atoms with Gasteiger partial charge in [-0.2, -0.15) is 0 Å². The molecule has 3 nitrogen and oxygen atoms in total. The van der Waals surface area contributed by atoms with E-state index in [2.05, 4.69) is 31.0 Å². The van der Waals surface area contributed by atoms with Crippen LogP contribution in [0.5, 0.6) is 5.75 Å². The van der Waals surface area contributed by atoms with E-state index in [-0.39, 0.29) is 5.17 Å². The molecule has 0 aliphatic heterocycles. The van der Waals surface area contributed by atoms with E-state index in [0.29, 0.717) is 15.8 Å². The van der Waals surface area contributed by atoms with Crippen molar-refractivity contribution in [3.63, 3.8) is 0 Å². The van der Waals surface area contributed by atoms with Crippen LogP contribution in [-0.2, 0) is 0 Å². The monoisotopic (exact) mass is 422 g/mol. The van der Waals surface area contributed by atoms with Gasteiger partial charge in [-0.15, -0.1) is 11.3 Å². The minimum absolute atomic E-state index is 0.265. The Labute approximate surface area is 172 Å². The molecule has 0 unspecified atom stereocenters. The second-order valence-electron chi connectivity index (χ2n) is 5.80. The van der Waals surface area contributed by atoms with Gasteiger partial charge in [-0.1, -0.05) is 29.3 Å². The first kappa shape index (κ1) is 19.1. The zero-order valence-electron chi connectivity index (χ0n) is 14.4. The van der Waals surface area contributed by atoms with E-state index in [1.54, 1.807) is 29.5 Å². The zero-order chi connectivity index (χ0) is 18.8. The van der Waals surface area contributed by atoms with Gasteiger partial charge in [-0.05, 0) is 68.4 Å². The molecule has 7 heteroatoms. The third-order valence-corrected chi connectivity index (χ3v) is 5.73. The van der Waals surface area contributed by atoms with Crippen LogP contribution in [-0.4, -0.2) is 10.2 Å². The van der Waals surface area contributed by atoms with Gasteiger partial charge in [0.15, 0.2) is 5.13 Å². The molecule has 134 valence electrons. The summed E-state index contributed by atoms with van der Waals surface area (Å²) in [7, 11) is 0. The molecule has 3 aromatic rings. The van der Waals surface area contributed by atoms with Gasteiger partial charge in [0.1, 0.15) is 5.75 Å². The van der Waals surface area contributed by atoms with Crippen molar-refractivity contribution in [1.82, 2.24) is 4.98 Å². The Morgan fingerprint density at radius 2 is 1.81 bits per heavy atom. The van der Waals surface area contributed by atoms with Gasteiger partial charge in [0.2, 0.25) is 0 Å². The number of anilines is 2. The van der Waals surface area contributed by atoms with Crippen LogP contribution in [0.1, 0.15) is 16.0 Å². The fourth-order valence-corrected chi connectivity index (χ4v) is 3.70. The van der Waals surface area contributed by atoms with Crippen molar-refractivity contribution in [2.75, 3.05) is 4.90 Å². The van der Waals surface area contributed by atoms with Gasteiger partial charge in [0, 0.05) is 17.1 Å². The first-order chi connectivity index (χ1) is 12.3. The van der Waals surface area contributed by atoms with Crippen LogP contribution in [0.3, 0.4) is 0 Å². The van der Waals surface area contributed by atoms with Gasteiger partial charge < -0.3 is 4.74 Å². The predicted octanol–water partition coefficient (Wildman–Crippen LogP) is 6.88. The van der Waals surface area contributed by atoms with Crippen molar-refractivity contribution in [2.24, 2.45) is 0 Å². The number of benzene rings is 2. The first-order valence-corrected chi connectivity index (χ1v) is 9.80. The van der Waals surface area contributed by atoms with E-state index in [1.807, 2.05) is 24.1 Å².